The lowest BCUT2D eigenvalue weighted by Gasteiger charge is -2.28. The predicted octanol–water partition coefficient (Wildman–Crippen LogP) is 2.73. The molecule has 0 unspecified atom stereocenters. The predicted molar refractivity (Wildman–Crippen MR) is 98.9 cm³/mol. The van der Waals surface area contributed by atoms with Crippen LogP contribution in [0.3, 0.4) is 0 Å². The maximum Gasteiger partial charge on any atom is 0.255 e. The van der Waals surface area contributed by atoms with Crippen LogP contribution >= 0.6 is 11.3 Å². The van der Waals surface area contributed by atoms with Gasteiger partial charge in [0.2, 0.25) is 5.91 Å². The molecule has 0 aromatic carbocycles. The minimum Gasteiger partial charge on any atom is -0.338 e. The van der Waals surface area contributed by atoms with E-state index >= 15 is 0 Å². The van der Waals surface area contributed by atoms with E-state index in [0.29, 0.717) is 13.1 Å². The van der Waals surface area contributed by atoms with Crippen LogP contribution in [0.15, 0.2) is 17.6 Å². The molecule has 1 saturated heterocycles. The van der Waals surface area contributed by atoms with Crippen molar-refractivity contribution in [2.24, 2.45) is 0 Å². The van der Waals surface area contributed by atoms with Crippen molar-refractivity contribution in [1.82, 2.24) is 19.8 Å². The topological polar surface area (TPSA) is 66.4 Å². The second-order valence-electron chi connectivity index (χ2n) is 6.99. The first-order chi connectivity index (χ1) is 12.5. The van der Waals surface area contributed by atoms with Crippen molar-refractivity contribution in [3.63, 3.8) is 0 Å². The smallest absolute Gasteiger partial charge is 0.255 e. The number of fused-ring (bicyclic) bond motifs is 1. The van der Waals surface area contributed by atoms with Crippen molar-refractivity contribution < 1.29 is 9.59 Å². The lowest BCUT2D eigenvalue weighted by Crippen LogP contribution is -2.36. The van der Waals surface area contributed by atoms with Crippen LogP contribution in [0.5, 0.6) is 0 Å². The zero-order valence-corrected chi connectivity index (χ0v) is 15.9. The Kier molecular flexibility index (Phi) is 4.48. The molecule has 7 heteroatoms. The number of rotatable bonds is 2. The third-order valence-electron chi connectivity index (χ3n) is 5.19. The van der Waals surface area contributed by atoms with E-state index in [2.05, 4.69) is 4.98 Å². The summed E-state index contributed by atoms with van der Waals surface area (Å²) in [5, 5.41) is 1.93. The van der Waals surface area contributed by atoms with Gasteiger partial charge in [0, 0.05) is 55.0 Å². The molecule has 0 spiro atoms. The van der Waals surface area contributed by atoms with E-state index in [1.54, 1.807) is 18.3 Å². The first-order valence-electron chi connectivity index (χ1n) is 8.99. The number of carbonyl (C=O) groups excluding carboxylic acids is 2. The fraction of sp³-hybridized carbons (Fsp3) is 0.474. The SMILES string of the molecule is CC(=O)N1CCc2nc([C@@H]3CCCN3C(=O)c3csc(C)c3)ncc2C1. The molecule has 4 rings (SSSR count). The minimum absolute atomic E-state index is 0.0566. The molecule has 0 radical (unpaired) electrons. The molecule has 26 heavy (non-hydrogen) atoms. The van der Waals surface area contributed by atoms with Crippen LogP contribution in [0.25, 0.3) is 0 Å². The van der Waals surface area contributed by atoms with Crippen molar-refractivity contribution >= 4 is 23.2 Å². The van der Waals surface area contributed by atoms with E-state index in [-0.39, 0.29) is 17.9 Å². The number of likely N-dealkylation sites (tertiary alicyclic amines) is 1. The average Bonchev–Trinajstić information content (AvgIpc) is 3.29. The number of hydrogen-bond donors (Lipinski definition) is 0. The quantitative estimate of drug-likeness (QED) is 0.815. The molecule has 2 aliphatic heterocycles. The molecule has 136 valence electrons. The molecule has 1 fully saturated rings. The fourth-order valence-corrected chi connectivity index (χ4v) is 4.44. The summed E-state index contributed by atoms with van der Waals surface area (Å²) in [6.45, 7) is 5.62. The number of amides is 2. The lowest BCUT2D eigenvalue weighted by atomic mass is 10.1. The Hall–Kier alpha value is -2.28. The zero-order valence-electron chi connectivity index (χ0n) is 15.1. The van der Waals surface area contributed by atoms with Gasteiger partial charge in [-0.3, -0.25) is 9.59 Å². The average molecular weight is 370 g/mol. The second-order valence-corrected chi connectivity index (χ2v) is 8.11. The van der Waals surface area contributed by atoms with Crippen LogP contribution in [-0.2, 0) is 17.8 Å². The summed E-state index contributed by atoms with van der Waals surface area (Å²) >= 11 is 1.60. The number of nitrogens with zero attached hydrogens (tertiary/aromatic N) is 4. The van der Waals surface area contributed by atoms with Crippen molar-refractivity contribution in [1.29, 1.82) is 0 Å². The van der Waals surface area contributed by atoms with Gasteiger partial charge in [0.1, 0.15) is 0 Å². The number of aromatic nitrogens is 2. The molecule has 2 aliphatic rings. The van der Waals surface area contributed by atoms with Crippen LogP contribution in [-0.4, -0.2) is 44.7 Å². The van der Waals surface area contributed by atoms with Gasteiger partial charge in [-0.05, 0) is 25.8 Å². The van der Waals surface area contributed by atoms with Gasteiger partial charge in [0.25, 0.3) is 5.91 Å². The van der Waals surface area contributed by atoms with Crippen LogP contribution in [0.2, 0.25) is 0 Å². The number of hydrogen-bond acceptors (Lipinski definition) is 5. The van der Waals surface area contributed by atoms with Crippen molar-refractivity contribution in [2.45, 2.75) is 45.7 Å². The van der Waals surface area contributed by atoms with Gasteiger partial charge in [-0.2, -0.15) is 0 Å². The molecule has 4 heterocycles. The number of aryl methyl sites for hydroxylation is 1. The maximum atomic E-state index is 12.9. The van der Waals surface area contributed by atoms with Crippen LogP contribution in [0, 0.1) is 6.92 Å². The monoisotopic (exact) mass is 370 g/mol. The van der Waals surface area contributed by atoms with Crippen molar-refractivity contribution in [3.8, 4) is 0 Å². The highest BCUT2D eigenvalue weighted by Crippen LogP contribution is 2.32. The highest BCUT2D eigenvalue weighted by atomic mass is 32.1. The van der Waals surface area contributed by atoms with E-state index in [0.717, 1.165) is 53.3 Å². The summed E-state index contributed by atoms with van der Waals surface area (Å²) < 4.78 is 0. The molecule has 2 aromatic heterocycles. The van der Waals surface area contributed by atoms with Gasteiger partial charge < -0.3 is 9.80 Å². The lowest BCUT2D eigenvalue weighted by molar-refractivity contribution is -0.129. The minimum atomic E-state index is -0.0566. The molecule has 6 nitrogen and oxygen atoms in total. The van der Waals surface area contributed by atoms with Crippen LogP contribution in [0.4, 0.5) is 0 Å². The molecular weight excluding hydrogens is 348 g/mol. The van der Waals surface area contributed by atoms with Gasteiger partial charge in [0.05, 0.1) is 17.3 Å². The third-order valence-corrected chi connectivity index (χ3v) is 6.05. The summed E-state index contributed by atoms with van der Waals surface area (Å²) in [4.78, 5) is 38.7. The Labute approximate surface area is 156 Å². The largest absolute Gasteiger partial charge is 0.338 e. The second kappa shape index (κ2) is 6.79. The molecule has 0 bridgehead atoms. The molecule has 1 atom stereocenters. The molecule has 2 aromatic rings. The Bertz CT molecular complexity index is 863. The molecule has 2 amide bonds. The van der Waals surface area contributed by atoms with Crippen molar-refractivity contribution in [2.75, 3.05) is 13.1 Å². The Balaban J connectivity index is 1.57. The Morgan fingerprint density at radius 2 is 2.15 bits per heavy atom. The first-order valence-corrected chi connectivity index (χ1v) is 9.87. The normalized spacial score (nSPS) is 19.5. The van der Waals surface area contributed by atoms with Gasteiger partial charge in [-0.15, -0.1) is 11.3 Å². The van der Waals surface area contributed by atoms with Gasteiger partial charge in [0.15, 0.2) is 5.82 Å². The zero-order chi connectivity index (χ0) is 18.3. The molecule has 0 saturated carbocycles. The van der Waals surface area contributed by atoms with Gasteiger partial charge >= 0.3 is 0 Å². The highest BCUT2D eigenvalue weighted by Gasteiger charge is 2.33. The maximum absolute atomic E-state index is 12.9. The van der Waals surface area contributed by atoms with Crippen molar-refractivity contribution in [3.05, 3.63) is 45.2 Å². The summed E-state index contributed by atoms with van der Waals surface area (Å²) in [5.41, 5.74) is 2.78. The van der Waals surface area contributed by atoms with E-state index in [1.807, 2.05) is 34.4 Å². The Morgan fingerprint density at radius 3 is 2.88 bits per heavy atom. The molecule has 0 aliphatic carbocycles. The van der Waals surface area contributed by atoms with E-state index in [9.17, 15) is 9.59 Å². The van der Waals surface area contributed by atoms with Crippen LogP contribution in [0.1, 0.15) is 58.1 Å². The summed E-state index contributed by atoms with van der Waals surface area (Å²) in [7, 11) is 0. The van der Waals surface area contributed by atoms with E-state index in [1.165, 1.54) is 0 Å². The standard InChI is InChI=1S/C19H22N4O2S/c1-12-8-14(11-26-12)19(25)23-6-3-4-17(23)18-20-9-15-10-22(13(2)24)7-5-16(15)21-18/h8-9,11,17H,3-7,10H2,1-2H3/t17-/m0/s1. The highest BCUT2D eigenvalue weighted by molar-refractivity contribution is 7.10. The number of thiophene rings is 1. The van der Waals surface area contributed by atoms with E-state index < -0.39 is 0 Å². The fourth-order valence-electron chi connectivity index (χ4n) is 3.76. The Morgan fingerprint density at radius 1 is 1.31 bits per heavy atom. The van der Waals surface area contributed by atoms with Crippen LogP contribution < -0.4 is 0 Å². The summed E-state index contributed by atoms with van der Waals surface area (Å²) in [6, 6.07) is 1.89. The molecular formula is C19H22N4O2S. The van der Waals surface area contributed by atoms with Gasteiger partial charge in [-0.1, -0.05) is 0 Å². The summed E-state index contributed by atoms with van der Waals surface area (Å²) in [6.07, 6.45) is 4.45. The van der Waals surface area contributed by atoms with E-state index in [4.69, 9.17) is 4.98 Å². The third kappa shape index (κ3) is 3.11. The first kappa shape index (κ1) is 17.1. The number of carbonyl (C=O) groups is 2. The van der Waals surface area contributed by atoms with Gasteiger partial charge in [-0.25, -0.2) is 9.97 Å². The molecule has 0 N–H and O–H groups in total. The summed E-state index contributed by atoms with van der Waals surface area (Å²) in [5.74, 6) is 0.886.